The summed E-state index contributed by atoms with van der Waals surface area (Å²) in [5.74, 6) is 0. The summed E-state index contributed by atoms with van der Waals surface area (Å²) in [4.78, 5) is 7.72. The third-order valence-corrected chi connectivity index (χ3v) is 5.58. The maximum Gasteiger partial charge on any atom is 0.169 e. The van der Waals surface area contributed by atoms with Crippen molar-refractivity contribution in [3.05, 3.63) is 42.5 Å². The number of benzene rings is 1. The molecule has 0 saturated carbocycles. The minimum Gasteiger partial charge on any atom is -0.370 e. The molecule has 1 aliphatic heterocycles. The van der Waals surface area contributed by atoms with Crippen LogP contribution in [0.4, 0.5) is 0 Å². The molecule has 1 atom stereocenters. The standard InChI is InChI=1S/C19H28N6OS/c1-16(17-4-6-18(7-5-17)25-15-20-14-22-25)23(2)19(27)21-8-3-9-24-10-12-26-13-11-24/h4-7,14-16H,3,8-13H2,1-2H3,(H,21,27)/p+1/t16-/m0/s1. The van der Waals surface area contributed by atoms with E-state index in [2.05, 4.69) is 51.5 Å². The van der Waals surface area contributed by atoms with Gasteiger partial charge in [0.05, 0.1) is 31.5 Å². The summed E-state index contributed by atoms with van der Waals surface area (Å²) in [6.07, 6.45) is 4.35. The monoisotopic (exact) mass is 389 g/mol. The van der Waals surface area contributed by atoms with Gasteiger partial charge in [-0.15, -0.1) is 0 Å². The number of quaternary nitrogens is 1. The summed E-state index contributed by atoms with van der Waals surface area (Å²) in [7, 11) is 2.04. The average Bonchev–Trinajstić information content (AvgIpc) is 3.26. The van der Waals surface area contributed by atoms with Crippen LogP contribution in [0, 0.1) is 0 Å². The van der Waals surface area contributed by atoms with Gasteiger partial charge in [0, 0.05) is 20.0 Å². The number of nitrogens with one attached hydrogen (secondary N) is 2. The second kappa shape index (κ2) is 9.77. The summed E-state index contributed by atoms with van der Waals surface area (Å²) < 4.78 is 7.15. The zero-order valence-electron chi connectivity index (χ0n) is 16.1. The van der Waals surface area contributed by atoms with Crippen LogP contribution in [0.3, 0.4) is 0 Å². The molecule has 2 N–H and O–H groups in total. The van der Waals surface area contributed by atoms with E-state index >= 15 is 0 Å². The molecule has 1 aromatic carbocycles. The van der Waals surface area contributed by atoms with Crippen molar-refractivity contribution in [2.24, 2.45) is 0 Å². The highest BCUT2D eigenvalue weighted by molar-refractivity contribution is 7.80. The van der Waals surface area contributed by atoms with Crippen molar-refractivity contribution < 1.29 is 9.64 Å². The minimum absolute atomic E-state index is 0.194. The van der Waals surface area contributed by atoms with E-state index in [0.29, 0.717) is 0 Å². The minimum atomic E-state index is 0.194. The lowest BCUT2D eigenvalue weighted by Crippen LogP contribution is -3.14. The first-order chi connectivity index (χ1) is 13.1. The molecule has 1 aromatic heterocycles. The van der Waals surface area contributed by atoms with Crippen molar-refractivity contribution >= 4 is 17.3 Å². The van der Waals surface area contributed by atoms with Crippen LogP contribution in [0.1, 0.15) is 24.9 Å². The fourth-order valence-electron chi connectivity index (χ4n) is 3.22. The van der Waals surface area contributed by atoms with Gasteiger partial charge < -0.3 is 19.9 Å². The molecule has 0 radical (unpaired) electrons. The Kier molecular flexibility index (Phi) is 7.14. The highest BCUT2D eigenvalue weighted by Gasteiger charge is 2.16. The summed E-state index contributed by atoms with van der Waals surface area (Å²) in [5, 5.41) is 8.34. The smallest absolute Gasteiger partial charge is 0.169 e. The molecule has 0 spiro atoms. The SMILES string of the molecule is C[C@@H](c1ccc(-n2cncn2)cc1)N(C)C(=S)NCCC[NH+]1CCOCC1. The summed E-state index contributed by atoms with van der Waals surface area (Å²) in [6.45, 7) is 8.25. The predicted octanol–water partition coefficient (Wildman–Crippen LogP) is 0.440. The van der Waals surface area contributed by atoms with E-state index in [9.17, 15) is 0 Å². The lowest BCUT2D eigenvalue weighted by molar-refractivity contribution is -0.908. The molecule has 0 aliphatic carbocycles. The van der Waals surface area contributed by atoms with Crippen LogP contribution in [0.15, 0.2) is 36.9 Å². The lowest BCUT2D eigenvalue weighted by atomic mass is 10.1. The highest BCUT2D eigenvalue weighted by Crippen LogP contribution is 2.20. The molecule has 0 amide bonds. The predicted molar refractivity (Wildman–Crippen MR) is 109 cm³/mol. The number of thiocarbonyl (C=S) groups is 1. The highest BCUT2D eigenvalue weighted by atomic mass is 32.1. The van der Waals surface area contributed by atoms with Gasteiger partial charge in [-0.1, -0.05) is 12.1 Å². The van der Waals surface area contributed by atoms with Crippen molar-refractivity contribution in [2.75, 3.05) is 46.4 Å². The summed E-state index contributed by atoms with van der Waals surface area (Å²) in [5.41, 5.74) is 2.21. The fraction of sp³-hybridized carbons (Fsp3) is 0.526. The zero-order chi connectivity index (χ0) is 19.1. The molecule has 1 saturated heterocycles. The van der Waals surface area contributed by atoms with Crippen LogP contribution < -0.4 is 10.2 Å². The van der Waals surface area contributed by atoms with Gasteiger partial charge >= 0.3 is 0 Å². The molecule has 0 bridgehead atoms. The topological polar surface area (TPSA) is 59.7 Å². The van der Waals surface area contributed by atoms with Crippen LogP contribution in [-0.4, -0.2) is 71.2 Å². The molecule has 2 heterocycles. The van der Waals surface area contributed by atoms with Crippen molar-refractivity contribution in [3.63, 3.8) is 0 Å². The number of aromatic nitrogens is 3. The maximum absolute atomic E-state index is 5.58. The molecular weight excluding hydrogens is 360 g/mol. The van der Waals surface area contributed by atoms with Gasteiger partial charge in [-0.2, -0.15) is 5.10 Å². The third kappa shape index (κ3) is 5.47. The van der Waals surface area contributed by atoms with Gasteiger partial charge in [0.2, 0.25) is 0 Å². The number of morpholine rings is 1. The largest absolute Gasteiger partial charge is 0.370 e. The van der Waals surface area contributed by atoms with E-state index in [4.69, 9.17) is 17.0 Å². The first kappa shape index (κ1) is 19.7. The van der Waals surface area contributed by atoms with Gasteiger partial charge in [0.15, 0.2) is 5.11 Å². The molecule has 7 nitrogen and oxygen atoms in total. The summed E-state index contributed by atoms with van der Waals surface area (Å²) in [6, 6.07) is 8.52. The van der Waals surface area contributed by atoms with Gasteiger partial charge in [-0.05, 0) is 36.8 Å². The van der Waals surface area contributed by atoms with Crippen LogP contribution in [0.2, 0.25) is 0 Å². The van der Waals surface area contributed by atoms with E-state index in [0.717, 1.165) is 50.1 Å². The van der Waals surface area contributed by atoms with E-state index in [-0.39, 0.29) is 6.04 Å². The van der Waals surface area contributed by atoms with Gasteiger partial charge in [0.1, 0.15) is 25.7 Å². The number of rotatable bonds is 7. The Labute approximate surface area is 166 Å². The number of nitrogens with zero attached hydrogens (tertiary/aromatic N) is 4. The maximum atomic E-state index is 5.58. The molecule has 2 aromatic rings. The van der Waals surface area contributed by atoms with Crippen LogP contribution in [-0.2, 0) is 4.74 Å². The van der Waals surface area contributed by atoms with Gasteiger partial charge in [-0.3, -0.25) is 0 Å². The van der Waals surface area contributed by atoms with Crippen molar-refractivity contribution in [3.8, 4) is 5.69 Å². The van der Waals surface area contributed by atoms with Crippen molar-refractivity contribution in [1.29, 1.82) is 0 Å². The van der Waals surface area contributed by atoms with Crippen LogP contribution in [0.25, 0.3) is 5.69 Å². The third-order valence-electron chi connectivity index (χ3n) is 5.14. The number of hydrogen-bond donors (Lipinski definition) is 2. The normalized spacial score (nSPS) is 16.1. The van der Waals surface area contributed by atoms with E-state index in [1.54, 1.807) is 15.9 Å². The molecule has 8 heteroatoms. The Morgan fingerprint density at radius 3 is 2.74 bits per heavy atom. The van der Waals surface area contributed by atoms with E-state index in [1.165, 1.54) is 18.4 Å². The second-order valence-corrected chi connectivity index (χ2v) is 7.30. The molecule has 3 rings (SSSR count). The van der Waals surface area contributed by atoms with E-state index in [1.807, 2.05) is 7.05 Å². The molecular formula is C19H29N6OS+. The molecule has 146 valence electrons. The molecule has 0 unspecified atom stereocenters. The molecule has 1 aliphatic rings. The van der Waals surface area contributed by atoms with Crippen molar-refractivity contribution in [1.82, 2.24) is 25.0 Å². The van der Waals surface area contributed by atoms with Crippen molar-refractivity contribution in [2.45, 2.75) is 19.4 Å². The van der Waals surface area contributed by atoms with Gasteiger partial charge in [-0.25, -0.2) is 9.67 Å². The Morgan fingerprint density at radius 2 is 2.07 bits per heavy atom. The fourth-order valence-corrected chi connectivity index (χ4v) is 3.48. The number of hydrogen-bond acceptors (Lipinski definition) is 4. The Hall–Kier alpha value is -2.03. The first-order valence-electron chi connectivity index (χ1n) is 9.52. The van der Waals surface area contributed by atoms with Crippen LogP contribution >= 0.6 is 12.2 Å². The van der Waals surface area contributed by atoms with Gasteiger partial charge in [0.25, 0.3) is 0 Å². The Bertz CT molecular complexity index is 699. The Morgan fingerprint density at radius 1 is 1.33 bits per heavy atom. The molecule has 1 fully saturated rings. The average molecular weight is 390 g/mol. The first-order valence-corrected chi connectivity index (χ1v) is 9.93. The number of ether oxygens (including phenoxy) is 1. The quantitative estimate of drug-likeness (QED) is 0.529. The van der Waals surface area contributed by atoms with Crippen LogP contribution in [0.5, 0.6) is 0 Å². The lowest BCUT2D eigenvalue weighted by Gasteiger charge is -2.28. The summed E-state index contributed by atoms with van der Waals surface area (Å²) >= 11 is 5.58. The molecule has 27 heavy (non-hydrogen) atoms. The second-order valence-electron chi connectivity index (χ2n) is 6.92. The van der Waals surface area contributed by atoms with E-state index < -0.39 is 0 Å². The zero-order valence-corrected chi connectivity index (χ0v) is 16.9. The Balaban J connectivity index is 1.44.